The first-order valence-corrected chi connectivity index (χ1v) is 5.67. The van der Waals surface area contributed by atoms with E-state index in [9.17, 15) is 4.79 Å². The molecular formula is C13H13N5O. The zero-order valence-electron chi connectivity index (χ0n) is 10.6. The Hall–Kier alpha value is -2.81. The Balaban J connectivity index is 2.05. The Bertz CT molecular complexity index is 636. The van der Waals surface area contributed by atoms with Crippen molar-refractivity contribution in [3.8, 4) is 6.07 Å². The van der Waals surface area contributed by atoms with Crippen LogP contribution in [0, 0.1) is 18.3 Å². The van der Waals surface area contributed by atoms with Crippen molar-refractivity contribution in [2.45, 2.75) is 6.92 Å². The summed E-state index contributed by atoms with van der Waals surface area (Å²) in [5.74, 6) is 0.245. The highest BCUT2D eigenvalue weighted by Gasteiger charge is 2.10. The van der Waals surface area contributed by atoms with Crippen LogP contribution in [0.25, 0.3) is 0 Å². The van der Waals surface area contributed by atoms with Crippen molar-refractivity contribution in [2.75, 3.05) is 10.6 Å². The number of amides is 2. The van der Waals surface area contributed by atoms with Gasteiger partial charge in [0, 0.05) is 18.9 Å². The van der Waals surface area contributed by atoms with Crippen molar-refractivity contribution >= 4 is 17.5 Å². The van der Waals surface area contributed by atoms with E-state index in [0.29, 0.717) is 11.3 Å². The summed E-state index contributed by atoms with van der Waals surface area (Å²) in [6.45, 7) is 1.97. The van der Waals surface area contributed by atoms with Crippen molar-refractivity contribution in [1.29, 1.82) is 5.26 Å². The number of carbonyl (C=O) groups is 1. The first kappa shape index (κ1) is 12.6. The van der Waals surface area contributed by atoms with Crippen LogP contribution < -0.4 is 10.6 Å². The molecule has 1 aromatic heterocycles. The lowest BCUT2D eigenvalue weighted by Gasteiger charge is -2.06. The van der Waals surface area contributed by atoms with Gasteiger partial charge >= 0.3 is 6.03 Å². The number of nitriles is 1. The number of hydrogen-bond acceptors (Lipinski definition) is 3. The van der Waals surface area contributed by atoms with E-state index in [2.05, 4.69) is 15.7 Å². The van der Waals surface area contributed by atoms with Gasteiger partial charge in [-0.25, -0.2) is 4.79 Å². The van der Waals surface area contributed by atoms with Gasteiger partial charge in [-0.15, -0.1) is 0 Å². The highest BCUT2D eigenvalue weighted by molar-refractivity contribution is 5.99. The van der Waals surface area contributed by atoms with Crippen molar-refractivity contribution in [2.24, 2.45) is 7.05 Å². The standard InChI is InChI=1S/C13H13N5O/c1-9-3-5-11(6-4-9)15-13(19)16-12-10(7-14)8-18(2)17-12/h3-6,8H,1-2H3,(H2,15,16,17,19). The van der Waals surface area contributed by atoms with Crippen molar-refractivity contribution in [3.63, 3.8) is 0 Å². The van der Waals surface area contributed by atoms with Gasteiger partial charge in [0.25, 0.3) is 0 Å². The second-order valence-corrected chi connectivity index (χ2v) is 4.12. The summed E-state index contributed by atoms with van der Waals surface area (Å²) in [6, 6.07) is 8.94. The lowest BCUT2D eigenvalue weighted by molar-refractivity contribution is 0.262. The maximum absolute atomic E-state index is 11.8. The molecule has 0 unspecified atom stereocenters. The molecule has 19 heavy (non-hydrogen) atoms. The SMILES string of the molecule is Cc1ccc(NC(=O)Nc2nn(C)cc2C#N)cc1. The van der Waals surface area contributed by atoms with Gasteiger partial charge in [0.15, 0.2) is 5.82 Å². The lowest BCUT2D eigenvalue weighted by atomic mass is 10.2. The van der Waals surface area contributed by atoms with Crippen LogP contribution in [-0.4, -0.2) is 15.8 Å². The minimum Gasteiger partial charge on any atom is -0.308 e. The molecule has 0 radical (unpaired) electrons. The first-order valence-electron chi connectivity index (χ1n) is 5.67. The molecule has 0 bridgehead atoms. The van der Waals surface area contributed by atoms with Crippen molar-refractivity contribution in [1.82, 2.24) is 9.78 Å². The number of nitrogens with zero attached hydrogens (tertiary/aromatic N) is 3. The van der Waals surface area contributed by atoms with E-state index in [4.69, 9.17) is 5.26 Å². The van der Waals surface area contributed by atoms with Gasteiger partial charge in [0.05, 0.1) is 0 Å². The van der Waals surface area contributed by atoms with Crippen LogP contribution in [0.1, 0.15) is 11.1 Å². The maximum Gasteiger partial charge on any atom is 0.324 e. The normalized spacial score (nSPS) is 9.74. The van der Waals surface area contributed by atoms with Gasteiger partial charge in [-0.3, -0.25) is 10.00 Å². The Kier molecular flexibility index (Phi) is 3.48. The summed E-state index contributed by atoms with van der Waals surface area (Å²) >= 11 is 0. The number of benzene rings is 1. The zero-order valence-corrected chi connectivity index (χ0v) is 10.6. The summed E-state index contributed by atoms with van der Waals surface area (Å²) in [6.07, 6.45) is 1.54. The number of urea groups is 1. The van der Waals surface area contributed by atoms with Crippen molar-refractivity contribution in [3.05, 3.63) is 41.6 Å². The molecule has 96 valence electrons. The third-order valence-corrected chi connectivity index (χ3v) is 2.49. The number of rotatable bonds is 2. The molecule has 2 rings (SSSR count). The second kappa shape index (κ2) is 5.23. The monoisotopic (exact) mass is 255 g/mol. The first-order chi connectivity index (χ1) is 9.08. The van der Waals surface area contributed by atoms with Crippen LogP contribution in [0.2, 0.25) is 0 Å². The van der Waals surface area contributed by atoms with Gasteiger partial charge in [-0.05, 0) is 19.1 Å². The Morgan fingerprint density at radius 2 is 2.00 bits per heavy atom. The van der Waals surface area contributed by atoms with E-state index in [1.54, 1.807) is 25.4 Å². The lowest BCUT2D eigenvalue weighted by Crippen LogP contribution is -2.20. The predicted octanol–water partition coefficient (Wildman–Crippen LogP) is 2.24. The van der Waals surface area contributed by atoms with Crippen molar-refractivity contribution < 1.29 is 4.79 Å². The van der Waals surface area contributed by atoms with E-state index in [1.807, 2.05) is 25.1 Å². The molecule has 2 amide bonds. The van der Waals surface area contributed by atoms with Gasteiger partial charge in [0.1, 0.15) is 11.6 Å². The molecule has 1 aromatic carbocycles. The fraction of sp³-hybridized carbons (Fsp3) is 0.154. The quantitative estimate of drug-likeness (QED) is 0.863. The topological polar surface area (TPSA) is 82.7 Å². The fourth-order valence-corrected chi connectivity index (χ4v) is 1.57. The number of anilines is 2. The largest absolute Gasteiger partial charge is 0.324 e. The second-order valence-electron chi connectivity index (χ2n) is 4.12. The van der Waals surface area contributed by atoms with Crippen LogP contribution in [0.15, 0.2) is 30.5 Å². The van der Waals surface area contributed by atoms with Crippen LogP contribution in [-0.2, 0) is 7.05 Å². The number of aromatic nitrogens is 2. The van der Waals surface area contributed by atoms with Gasteiger partial charge in [-0.1, -0.05) is 17.7 Å². The Morgan fingerprint density at radius 1 is 1.32 bits per heavy atom. The highest BCUT2D eigenvalue weighted by atomic mass is 16.2. The van der Waals surface area contributed by atoms with E-state index >= 15 is 0 Å². The average molecular weight is 255 g/mol. The molecular weight excluding hydrogens is 242 g/mol. The highest BCUT2D eigenvalue weighted by Crippen LogP contribution is 2.12. The molecule has 0 fully saturated rings. The molecule has 0 saturated carbocycles. The molecule has 0 saturated heterocycles. The third kappa shape index (κ3) is 3.10. The van der Waals surface area contributed by atoms with Crippen LogP contribution in [0.4, 0.5) is 16.3 Å². The number of carbonyl (C=O) groups excluding carboxylic acids is 1. The van der Waals surface area contributed by atoms with E-state index in [1.165, 1.54) is 4.68 Å². The van der Waals surface area contributed by atoms with Crippen LogP contribution in [0.5, 0.6) is 0 Å². The van der Waals surface area contributed by atoms with Crippen LogP contribution >= 0.6 is 0 Å². The number of hydrogen-bond donors (Lipinski definition) is 2. The molecule has 0 aliphatic heterocycles. The summed E-state index contributed by atoms with van der Waals surface area (Å²) in [5, 5.41) is 18.1. The minimum absolute atomic E-state index is 0.245. The summed E-state index contributed by atoms with van der Waals surface area (Å²) in [7, 11) is 1.68. The molecule has 0 aliphatic carbocycles. The van der Waals surface area contributed by atoms with Gasteiger partial charge in [-0.2, -0.15) is 10.4 Å². The fourth-order valence-electron chi connectivity index (χ4n) is 1.57. The Morgan fingerprint density at radius 3 is 2.63 bits per heavy atom. The van der Waals surface area contributed by atoms with Gasteiger partial charge in [0.2, 0.25) is 0 Å². The number of nitrogens with one attached hydrogen (secondary N) is 2. The van der Waals surface area contributed by atoms with E-state index in [-0.39, 0.29) is 5.82 Å². The molecule has 0 aliphatic rings. The van der Waals surface area contributed by atoms with Gasteiger partial charge < -0.3 is 5.32 Å². The summed E-state index contributed by atoms with van der Waals surface area (Å²) in [4.78, 5) is 11.8. The smallest absolute Gasteiger partial charge is 0.308 e. The molecule has 2 N–H and O–H groups in total. The summed E-state index contributed by atoms with van der Waals surface area (Å²) in [5.41, 5.74) is 2.11. The summed E-state index contributed by atoms with van der Waals surface area (Å²) < 4.78 is 1.47. The van der Waals surface area contributed by atoms with Crippen LogP contribution in [0.3, 0.4) is 0 Å². The molecule has 2 aromatic rings. The molecule has 6 nitrogen and oxygen atoms in total. The zero-order chi connectivity index (χ0) is 13.8. The third-order valence-electron chi connectivity index (χ3n) is 2.49. The number of aryl methyl sites for hydroxylation is 2. The minimum atomic E-state index is -0.431. The predicted molar refractivity (Wildman–Crippen MR) is 71.7 cm³/mol. The molecule has 0 atom stereocenters. The molecule has 1 heterocycles. The van der Waals surface area contributed by atoms with E-state index in [0.717, 1.165) is 5.56 Å². The average Bonchev–Trinajstić information content (AvgIpc) is 2.72. The molecule has 0 spiro atoms. The van der Waals surface area contributed by atoms with E-state index < -0.39 is 6.03 Å². The Labute approximate surface area is 110 Å². The molecule has 6 heteroatoms. The maximum atomic E-state index is 11.8.